The van der Waals surface area contributed by atoms with Crippen molar-refractivity contribution in [3.8, 4) is 11.4 Å². The van der Waals surface area contributed by atoms with Crippen LogP contribution in [0.25, 0.3) is 17.5 Å². The van der Waals surface area contributed by atoms with Gasteiger partial charge in [-0.25, -0.2) is 5.10 Å². The van der Waals surface area contributed by atoms with Gasteiger partial charge in [-0.05, 0) is 42.4 Å². The Morgan fingerprint density at radius 2 is 2.04 bits per heavy atom. The van der Waals surface area contributed by atoms with E-state index in [0.29, 0.717) is 10.6 Å². The van der Waals surface area contributed by atoms with E-state index in [-0.39, 0.29) is 0 Å². The van der Waals surface area contributed by atoms with Gasteiger partial charge in [0.25, 0.3) is 0 Å². The lowest BCUT2D eigenvalue weighted by Gasteiger charge is -2.00. The van der Waals surface area contributed by atoms with Crippen LogP contribution in [-0.2, 0) is 0 Å². The third kappa shape index (κ3) is 3.67. The van der Waals surface area contributed by atoms with E-state index >= 15 is 0 Å². The molecule has 0 saturated carbocycles. The van der Waals surface area contributed by atoms with E-state index in [1.165, 1.54) is 0 Å². The summed E-state index contributed by atoms with van der Waals surface area (Å²) >= 11 is 5.25. The Morgan fingerprint density at radius 1 is 1.22 bits per heavy atom. The molecule has 0 atom stereocenters. The average molecular weight is 321 g/mol. The van der Waals surface area contributed by atoms with Crippen LogP contribution < -0.4 is 0 Å². The first-order valence-corrected chi connectivity index (χ1v) is 7.50. The van der Waals surface area contributed by atoms with Crippen molar-refractivity contribution < 1.29 is 0 Å². The Morgan fingerprint density at radius 3 is 2.78 bits per heavy atom. The number of hydrogen-bond acceptors (Lipinski definition) is 4. The third-order valence-electron chi connectivity index (χ3n) is 3.14. The lowest BCUT2D eigenvalue weighted by atomic mass is 10.1. The molecule has 0 aliphatic heterocycles. The lowest BCUT2D eigenvalue weighted by Crippen LogP contribution is -1.95. The van der Waals surface area contributed by atoms with Gasteiger partial charge in [0, 0.05) is 18.0 Å². The number of nitrogens with one attached hydrogen (secondary N) is 1. The number of nitrogens with zero attached hydrogens (tertiary/aromatic N) is 4. The molecule has 0 fully saturated rings. The van der Waals surface area contributed by atoms with Crippen molar-refractivity contribution >= 4 is 24.5 Å². The summed E-state index contributed by atoms with van der Waals surface area (Å²) in [5, 5.41) is 11.4. The number of rotatable bonds is 4. The van der Waals surface area contributed by atoms with Gasteiger partial charge in [-0.2, -0.15) is 14.9 Å². The number of aromatic nitrogens is 4. The summed E-state index contributed by atoms with van der Waals surface area (Å²) in [5.41, 5.74) is 2.98. The molecular formula is C17H15N5S. The maximum atomic E-state index is 5.25. The van der Waals surface area contributed by atoms with E-state index in [1.54, 1.807) is 23.3 Å². The first-order chi connectivity index (χ1) is 11.2. The van der Waals surface area contributed by atoms with Crippen LogP contribution in [0, 0.1) is 4.77 Å². The average Bonchev–Trinajstić information content (AvgIpc) is 2.95. The highest BCUT2D eigenvalue weighted by atomic mass is 32.1. The van der Waals surface area contributed by atoms with Crippen LogP contribution in [0.15, 0.2) is 65.5 Å². The van der Waals surface area contributed by atoms with Crippen molar-refractivity contribution in [3.63, 3.8) is 0 Å². The molecule has 114 valence electrons. The monoisotopic (exact) mass is 321 g/mol. The first kappa shape index (κ1) is 15.1. The summed E-state index contributed by atoms with van der Waals surface area (Å²) in [6, 6.07) is 13.8. The van der Waals surface area contributed by atoms with Crippen LogP contribution >= 0.6 is 12.2 Å². The molecule has 0 aliphatic rings. The van der Waals surface area contributed by atoms with Crippen molar-refractivity contribution in [2.75, 3.05) is 0 Å². The minimum Gasteiger partial charge on any atom is -0.264 e. The highest BCUT2D eigenvalue weighted by Gasteiger charge is 2.07. The normalized spacial score (nSPS) is 12.0. The molecule has 1 aromatic carbocycles. The third-order valence-corrected chi connectivity index (χ3v) is 3.41. The Bertz CT molecular complexity index is 891. The molecule has 6 heteroatoms. The van der Waals surface area contributed by atoms with Crippen LogP contribution in [0.1, 0.15) is 12.5 Å². The summed E-state index contributed by atoms with van der Waals surface area (Å²) in [6.45, 7) is 1.99. The molecule has 0 bridgehead atoms. The van der Waals surface area contributed by atoms with Gasteiger partial charge < -0.3 is 0 Å². The van der Waals surface area contributed by atoms with Crippen molar-refractivity contribution in [2.24, 2.45) is 5.10 Å². The van der Waals surface area contributed by atoms with Crippen LogP contribution in [0.3, 0.4) is 0 Å². The van der Waals surface area contributed by atoms with E-state index in [4.69, 9.17) is 12.2 Å². The van der Waals surface area contributed by atoms with Crippen LogP contribution in [-0.4, -0.2) is 26.1 Å². The van der Waals surface area contributed by atoms with Crippen LogP contribution in [0.2, 0.25) is 0 Å². The second-order valence-corrected chi connectivity index (χ2v) is 5.34. The van der Waals surface area contributed by atoms with Crippen molar-refractivity contribution in [1.82, 2.24) is 19.9 Å². The Kier molecular flexibility index (Phi) is 4.54. The Balaban J connectivity index is 1.90. The molecule has 0 amide bonds. The van der Waals surface area contributed by atoms with Crippen molar-refractivity contribution in [3.05, 3.63) is 70.8 Å². The molecule has 0 unspecified atom stereocenters. The first-order valence-electron chi connectivity index (χ1n) is 7.09. The highest BCUT2D eigenvalue weighted by Crippen LogP contribution is 2.15. The smallest absolute Gasteiger partial charge is 0.216 e. The lowest BCUT2D eigenvalue weighted by molar-refractivity contribution is 0.870. The van der Waals surface area contributed by atoms with Crippen LogP contribution in [0.4, 0.5) is 0 Å². The van der Waals surface area contributed by atoms with Gasteiger partial charge in [0.2, 0.25) is 4.77 Å². The molecule has 0 aliphatic carbocycles. The fourth-order valence-electron chi connectivity index (χ4n) is 2.08. The number of aromatic amines is 1. The quantitative estimate of drug-likeness (QED) is 0.585. The minimum atomic E-state index is 0.438. The maximum absolute atomic E-state index is 5.25. The summed E-state index contributed by atoms with van der Waals surface area (Å²) in [6.07, 6.45) is 7.25. The van der Waals surface area contributed by atoms with Gasteiger partial charge in [-0.15, -0.1) is 0 Å². The van der Waals surface area contributed by atoms with E-state index in [2.05, 4.69) is 26.4 Å². The number of hydrogen-bond donors (Lipinski definition) is 1. The predicted molar refractivity (Wildman–Crippen MR) is 94.6 cm³/mol. The summed E-state index contributed by atoms with van der Waals surface area (Å²) in [5.74, 6) is 0.631. The summed E-state index contributed by atoms with van der Waals surface area (Å²) in [4.78, 5) is 4.10. The van der Waals surface area contributed by atoms with Gasteiger partial charge in [-0.3, -0.25) is 4.98 Å². The predicted octanol–water partition coefficient (Wildman–Crippen LogP) is 3.94. The molecule has 0 saturated heterocycles. The molecule has 3 rings (SSSR count). The fourth-order valence-corrected chi connectivity index (χ4v) is 2.26. The van der Waals surface area contributed by atoms with E-state index in [9.17, 15) is 0 Å². The number of allylic oxidation sites excluding steroid dienone is 1. The number of benzene rings is 1. The SMILES string of the molecule is CC(/C=N\n1c(-c2cccnc2)n[nH]c1=S)=C\c1ccccc1. The largest absolute Gasteiger partial charge is 0.264 e. The molecule has 1 N–H and O–H groups in total. The number of pyridine rings is 1. The Hall–Kier alpha value is -2.86. The topological polar surface area (TPSA) is 58.9 Å². The van der Waals surface area contributed by atoms with Gasteiger partial charge >= 0.3 is 0 Å². The van der Waals surface area contributed by atoms with Gasteiger partial charge in [0.15, 0.2) is 5.82 Å². The minimum absolute atomic E-state index is 0.438. The highest BCUT2D eigenvalue weighted by molar-refractivity contribution is 7.71. The molecule has 2 aromatic heterocycles. The Labute approximate surface area is 139 Å². The standard InChI is InChI=1S/C17H15N5S/c1-13(10-14-6-3-2-4-7-14)11-19-22-16(20-21-17(22)23)15-8-5-9-18-12-15/h2-12H,1H3,(H,21,23)/b13-10+,19-11-. The summed E-state index contributed by atoms with van der Waals surface area (Å²) in [7, 11) is 0. The molecule has 23 heavy (non-hydrogen) atoms. The number of H-pyrrole nitrogens is 1. The molecule has 2 heterocycles. The molecule has 0 spiro atoms. The van der Waals surface area contributed by atoms with E-state index in [1.807, 2.05) is 49.4 Å². The second-order valence-electron chi connectivity index (χ2n) is 4.95. The zero-order valence-corrected chi connectivity index (χ0v) is 13.4. The molecule has 3 aromatic rings. The van der Waals surface area contributed by atoms with E-state index < -0.39 is 0 Å². The van der Waals surface area contributed by atoms with Crippen LogP contribution in [0.5, 0.6) is 0 Å². The van der Waals surface area contributed by atoms with Gasteiger partial charge in [0.05, 0.1) is 6.21 Å². The second kappa shape index (κ2) is 6.93. The maximum Gasteiger partial charge on any atom is 0.216 e. The zero-order valence-electron chi connectivity index (χ0n) is 12.5. The fraction of sp³-hybridized carbons (Fsp3) is 0.0588. The molecule has 0 radical (unpaired) electrons. The molecular weight excluding hydrogens is 306 g/mol. The molecule has 5 nitrogen and oxygen atoms in total. The van der Waals surface area contributed by atoms with Gasteiger partial charge in [0.1, 0.15) is 0 Å². The van der Waals surface area contributed by atoms with Crippen molar-refractivity contribution in [2.45, 2.75) is 6.92 Å². The summed E-state index contributed by atoms with van der Waals surface area (Å²) < 4.78 is 2.03. The zero-order chi connectivity index (χ0) is 16.1. The van der Waals surface area contributed by atoms with Crippen molar-refractivity contribution in [1.29, 1.82) is 0 Å². The van der Waals surface area contributed by atoms with Gasteiger partial charge in [-0.1, -0.05) is 36.4 Å². The van der Waals surface area contributed by atoms with E-state index in [0.717, 1.165) is 16.7 Å².